The highest BCUT2D eigenvalue weighted by atomic mass is 32.2. The smallest absolute Gasteiger partial charge is 0.282 e. The zero-order valence-corrected chi connectivity index (χ0v) is 14.8. The molecule has 0 aromatic carbocycles. The fourth-order valence-electron chi connectivity index (χ4n) is 2.56. The van der Waals surface area contributed by atoms with E-state index in [1.165, 1.54) is 4.31 Å². The number of nitrogens with one attached hydrogen (secondary N) is 1. The van der Waals surface area contributed by atoms with Crippen LogP contribution in [0.5, 0.6) is 0 Å². The van der Waals surface area contributed by atoms with Gasteiger partial charge < -0.3 is 10.1 Å². The first-order chi connectivity index (χ1) is 9.78. The Labute approximate surface area is 130 Å². The Hall–Kier alpha value is -0.210. The first-order valence-corrected chi connectivity index (χ1v) is 9.14. The van der Waals surface area contributed by atoms with Gasteiger partial charge in [-0.3, -0.25) is 0 Å². The monoisotopic (exact) mass is 321 g/mol. The molecule has 1 N–H and O–H groups in total. The minimum Gasteiger partial charge on any atom is -0.383 e. The highest BCUT2D eigenvalue weighted by molar-refractivity contribution is 7.86. The van der Waals surface area contributed by atoms with Crippen LogP contribution in [-0.2, 0) is 14.9 Å². The molecule has 1 rings (SSSR count). The van der Waals surface area contributed by atoms with Crippen LogP contribution in [0.4, 0.5) is 0 Å². The number of nitrogens with zero attached hydrogens (tertiary/aromatic N) is 2. The van der Waals surface area contributed by atoms with Crippen molar-refractivity contribution in [1.82, 2.24) is 13.9 Å². The van der Waals surface area contributed by atoms with E-state index >= 15 is 0 Å². The van der Waals surface area contributed by atoms with Crippen LogP contribution in [0.2, 0.25) is 0 Å². The Balaban J connectivity index is 2.65. The number of methoxy groups -OCH3 is 1. The highest BCUT2D eigenvalue weighted by Gasteiger charge is 2.33. The second-order valence-corrected chi connectivity index (χ2v) is 8.25. The van der Waals surface area contributed by atoms with E-state index < -0.39 is 10.2 Å². The lowest BCUT2D eigenvalue weighted by atomic mass is 9.99. The normalized spacial score (nSPS) is 22.9. The molecule has 0 bridgehead atoms. The van der Waals surface area contributed by atoms with Crippen molar-refractivity contribution in [2.45, 2.75) is 45.7 Å². The zero-order chi connectivity index (χ0) is 16.0. The van der Waals surface area contributed by atoms with Crippen LogP contribution in [0, 0.1) is 5.92 Å². The van der Waals surface area contributed by atoms with E-state index in [4.69, 9.17) is 4.74 Å². The van der Waals surface area contributed by atoms with E-state index in [-0.39, 0.29) is 6.04 Å². The summed E-state index contributed by atoms with van der Waals surface area (Å²) in [5.41, 5.74) is 0. The van der Waals surface area contributed by atoms with Gasteiger partial charge in [-0.05, 0) is 32.2 Å². The van der Waals surface area contributed by atoms with Gasteiger partial charge in [0.2, 0.25) is 0 Å². The van der Waals surface area contributed by atoms with Crippen molar-refractivity contribution < 1.29 is 13.2 Å². The number of piperidine rings is 1. The SMILES string of the molecule is COCC(C)N(C)S(=O)(=O)N1CCCC(CNC(C)C)C1. The molecule has 2 unspecified atom stereocenters. The Morgan fingerprint density at radius 2 is 2.05 bits per heavy atom. The second kappa shape index (κ2) is 8.43. The Bertz CT molecular complexity index is 400. The molecular weight excluding hydrogens is 290 g/mol. The third kappa shape index (κ3) is 5.49. The highest BCUT2D eigenvalue weighted by Crippen LogP contribution is 2.21. The standard InChI is InChI=1S/C14H31N3O3S/c1-12(2)15-9-14-7-6-8-17(10-14)21(18,19)16(4)13(3)11-20-5/h12-15H,6-11H2,1-5H3. The molecule has 0 radical (unpaired) electrons. The first-order valence-electron chi connectivity index (χ1n) is 7.74. The van der Waals surface area contributed by atoms with Crippen LogP contribution in [0.15, 0.2) is 0 Å². The number of hydrogen-bond donors (Lipinski definition) is 1. The van der Waals surface area contributed by atoms with E-state index in [2.05, 4.69) is 19.2 Å². The molecule has 0 aromatic rings. The summed E-state index contributed by atoms with van der Waals surface area (Å²) in [7, 11) is -0.173. The lowest BCUT2D eigenvalue weighted by Gasteiger charge is -2.36. The van der Waals surface area contributed by atoms with Gasteiger partial charge in [-0.15, -0.1) is 0 Å². The Kier molecular flexibility index (Phi) is 7.56. The summed E-state index contributed by atoms with van der Waals surface area (Å²) in [5.74, 6) is 0.391. The minimum atomic E-state index is -3.40. The number of hydrogen-bond acceptors (Lipinski definition) is 4. The number of rotatable bonds is 8. The maximum atomic E-state index is 12.7. The predicted molar refractivity (Wildman–Crippen MR) is 85.5 cm³/mol. The van der Waals surface area contributed by atoms with E-state index in [9.17, 15) is 8.42 Å². The van der Waals surface area contributed by atoms with Crippen molar-refractivity contribution >= 4 is 10.2 Å². The summed E-state index contributed by atoms with van der Waals surface area (Å²) in [6.45, 7) is 8.58. The van der Waals surface area contributed by atoms with Crippen LogP contribution in [0.3, 0.4) is 0 Å². The van der Waals surface area contributed by atoms with Crippen molar-refractivity contribution in [3.8, 4) is 0 Å². The molecule has 126 valence electrons. The van der Waals surface area contributed by atoms with Crippen LogP contribution >= 0.6 is 0 Å². The molecule has 0 saturated carbocycles. The van der Waals surface area contributed by atoms with Crippen molar-refractivity contribution in [3.05, 3.63) is 0 Å². The molecule has 1 heterocycles. The first kappa shape index (κ1) is 18.8. The van der Waals surface area contributed by atoms with Crippen molar-refractivity contribution in [2.75, 3.05) is 40.4 Å². The second-order valence-electron chi connectivity index (χ2n) is 6.26. The predicted octanol–water partition coefficient (Wildman–Crippen LogP) is 0.908. The van der Waals surface area contributed by atoms with Gasteiger partial charge in [0.25, 0.3) is 10.2 Å². The quantitative estimate of drug-likeness (QED) is 0.722. The lowest BCUT2D eigenvalue weighted by Crippen LogP contribution is -2.51. The average Bonchev–Trinajstić information content (AvgIpc) is 2.44. The van der Waals surface area contributed by atoms with Crippen LogP contribution < -0.4 is 5.32 Å². The van der Waals surface area contributed by atoms with E-state index in [0.29, 0.717) is 31.7 Å². The molecule has 1 fully saturated rings. The van der Waals surface area contributed by atoms with E-state index in [1.54, 1.807) is 18.5 Å². The van der Waals surface area contributed by atoms with Gasteiger partial charge in [0.1, 0.15) is 0 Å². The maximum absolute atomic E-state index is 12.7. The van der Waals surface area contributed by atoms with Gasteiger partial charge in [-0.2, -0.15) is 17.0 Å². The Morgan fingerprint density at radius 1 is 1.38 bits per heavy atom. The molecule has 7 heteroatoms. The zero-order valence-electron chi connectivity index (χ0n) is 14.0. The molecule has 21 heavy (non-hydrogen) atoms. The summed E-state index contributed by atoms with van der Waals surface area (Å²) >= 11 is 0. The Morgan fingerprint density at radius 3 is 2.62 bits per heavy atom. The molecular formula is C14H31N3O3S. The third-order valence-electron chi connectivity index (χ3n) is 4.02. The number of ether oxygens (including phenoxy) is 1. The van der Waals surface area contributed by atoms with Crippen LogP contribution in [0.25, 0.3) is 0 Å². The van der Waals surface area contributed by atoms with Gasteiger partial charge in [0.15, 0.2) is 0 Å². The summed E-state index contributed by atoms with van der Waals surface area (Å²) in [5, 5.41) is 3.40. The molecule has 6 nitrogen and oxygen atoms in total. The summed E-state index contributed by atoms with van der Waals surface area (Å²) < 4.78 is 33.4. The van der Waals surface area contributed by atoms with E-state index in [1.807, 2.05) is 6.92 Å². The summed E-state index contributed by atoms with van der Waals surface area (Å²) in [6.07, 6.45) is 2.01. The van der Waals surface area contributed by atoms with Gasteiger partial charge in [0.05, 0.1) is 6.61 Å². The fraction of sp³-hybridized carbons (Fsp3) is 1.00. The van der Waals surface area contributed by atoms with Crippen LogP contribution in [0.1, 0.15) is 33.6 Å². The minimum absolute atomic E-state index is 0.158. The molecule has 1 saturated heterocycles. The summed E-state index contributed by atoms with van der Waals surface area (Å²) in [6, 6.07) is 0.274. The fourth-order valence-corrected chi connectivity index (χ4v) is 4.20. The lowest BCUT2D eigenvalue weighted by molar-refractivity contribution is 0.143. The van der Waals surface area contributed by atoms with Crippen molar-refractivity contribution in [2.24, 2.45) is 5.92 Å². The van der Waals surface area contributed by atoms with Gasteiger partial charge in [-0.1, -0.05) is 13.8 Å². The molecule has 1 aliphatic heterocycles. The third-order valence-corrected chi connectivity index (χ3v) is 6.09. The maximum Gasteiger partial charge on any atom is 0.282 e. The van der Waals surface area contributed by atoms with Gasteiger partial charge in [-0.25, -0.2) is 0 Å². The topological polar surface area (TPSA) is 61.9 Å². The molecule has 2 atom stereocenters. The number of likely N-dealkylation sites (N-methyl/N-ethyl adjacent to an activating group) is 1. The van der Waals surface area contributed by atoms with Crippen molar-refractivity contribution in [3.63, 3.8) is 0 Å². The molecule has 0 aliphatic carbocycles. The molecule has 0 aromatic heterocycles. The van der Waals surface area contributed by atoms with Gasteiger partial charge >= 0.3 is 0 Å². The van der Waals surface area contributed by atoms with E-state index in [0.717, 1.165) is 19.4 Å². The van der Waals surface area contributed by atoms with Crippen molar-refractivity contribution in [1.29, 1.82) is 0 Å². The molecule has 1 aliphatic rings. The summed E-state index contributed by atoms with van der Waals surface area (Å²) in [4.78, 5) is 0. The van der Waals surface area contributed by atoms with Crippen LogP contribution in [-0.4, -0.2) is 69.5 Å². The van der Waals surface area contributed by atoms with Gasteiger partial charge in [0, 0.05) is 39.3 Å². The molecule has 0 amide bonds. The largest absolute Gasteiger partial charge is 0.383 e. The molecule has 0 spiro atoms. The average molecular weight is 321 g/mol.